The highest BCUT2D eigenvalue weighted by atomic mass is 32.2. The molecule has 1 aromatic rings. The average molecular weight is 230 g/mol. The Morgan fingerprint density at radius 1 is 1.27 bits per heavy atom. The minimum Gasteiger partial charge on any atom is -0.304 e. The predicted molar refractivity (Wildman–Crippen MR) is 57.2 cm³/mol. The van der Waals surface area contributed by atoms with E-state index in [4.69, 9.17) is 5.90 Å². The SMILES string of the molecule is NOCCS(=O)(=O)NCc1ccccc1. The normalized spacial score (nSPS) is 11.5. The highest BCUT2D eigenvalue weighted by molar-refractivity contribution is 7.89. The molecule has 0 heterocycles. The van der Waals surface area contributed by atoms with E-state index >= 15 is 0 Å². The molecule has 15 heavy (non-hydrogen) atoms. The molecule has 1 rings (SSSR count). The first kappa shape index (κ1) is 12.1. The van der Waals surface area contributed by atoms with Crippen LogP contribution >= 0.6 is 0 Å². The van der Waals surface area contributed by atoms with Crippen LogP contribution in [0.1, 0.15) is 5.56 Å². The first-order valence-electron chi connectivity index (χ1n) is 4.47. The standard InChI is InChI=1S/C9H14N2O3S/c10-14-6-7-15(12,13)11-8-9-4-2-1-3-5-9/h1-5,11H,6-8,10H2. The van der Waals surface area contributed by atoms with E-state index in [1.54, 1.807) is 0 Å². The first-order chi connectivity index (χ1) is 7.14. The van der Waals surface area contributed by atoms with Crippen LogP contribution in [0, 0.1) is 0 Å². The molecule has 0 aromatic heterocycles. The molecule has 0 radical (unpaired) electrons. The van der Waals surface area contributed by atoms with Crippen molar-refractivity contribution in [2.45, 2.75) is 6.54 Å². The maximum absolute atomic E-state index is 11.3. The molecule has 6 heteroatoms. The lowest BCUT2D eigenvalue weighted by Crippen LogP contribution is -2.28. The van der Waals surface area contributed by atoms with Crippen LogP contribution in [0.3, 0.4) is 0 Å². The summed E-state index contributed by atoms with van der Waals surface area (Å²) >= 11 is 0. The van der Waals surface area contributed by atoms with E-state index in [1.165, 1.54) is 0 Å². The van der Waals surface area contributed by atoms with Crippen LogP contribution in [-0.4, -0.2) is 20.8 Å². The monoisotopic (exact) mass is 230 g/mol. The third-order valence-electron chi connectivity index (χ3n) is 1.81. The van der Waals surface area contributed by atoms with Crippen LogP contribution in [0.15, 0.2) is 30.3 Å². The smallest absolute Gasteiger partial charge is 0.214 e. The minimum atomic E-state index is -3.30. The van der Waals surface area contributed by atoms with Crippen molar-refractivity contribution >= 4 is 10.0 Å². The van der Waals surface area contributed by atoms with E-state index in [2.05, 4.69) is 9.56 Å². The molecule has 3 N–H and O–H groups in total. The van der Waals surface area contributed by atoms with Crippen LogP contribution in [0.25, 0.3) is 0 Å². The van der Waals surface area contributed by atoms with E-state index < -0.39 is 10.0 Å². The van der Waals surface area contributed by atoms with Crippen LogP contribution < -0.4 is 10.6 Å². The van der Waals surface area contributed by atoms with Gasteiger partial charge in [0.05, 0.1) is 12.4 Å². The van der Waals surface area contributed by atoms with Gasteiger partial charge in [-0.25, -0.2) is 19.0 Å². The second-order valence-corrected chi connectivity index (χ2v) is 4.92. The van der Waals surface area contributed by atoms with Crippen molar-refractivity contribution in [3.05, 3.63) is 35.9 Å². The highest BCUT2D eigenvalue weighted by Gasteiger charge is 2.08. The Kier molecular flexibility index (Phi) is 4.70. The average Bonchev–Trinajstić information content (AvgIpc) is 2.25. The quantitative estimate of drug-likeness (QED) is 0.674. The van der Waals surface area contributed by atoms with Crippen LogP contribution in [0.5, 0.6) is 0 Å². The van der Waals surface area contributed by atoms with E-state index in [1.807, 2.05) is 30.3 Å². The Morgan fingerprint density at radius 3 is 2.53 bits per heavy atom. The van der Waals surface area contributed by atoms with E-state index in [9.17, 15) is 8.42 Å². The maximum Gasteiger partial charge on any atom is 0.214 e. The van der Waals surface area contributed by atoms with E-state index in [-0.39, 0.29) is 18.9 Å². The molecule has 0 amide bonds. The van der Waals surface area contributed by atoms with Gasteiger partial charge in [0.25, 0.3) is 0 Å². The van der Waals surface area contributed by atoms with Gasteiger partial charge in [-0.15, -0.1) is 0 Å². The van der Waals surface area contributed by atoms with Gasteiger partial charge < -0.3 is 4.84 Å². The molecule has 0 saturated heterocycles. The summed E-state index contributed by atoms with van der Waals surface area (Å²) in [7, 11) is -3.30. The molecule has 5 nitrogen and oxygen atoms in total. The highest BCUT2D eigenvalue weighted by Crippen LogP contribution is 1.98. The van der Waals surface area contributed by atoms with Gasteiger partial charge >= 0.3 is 0 Å². The molecule has 0 spiro atoms. The fourth-order valence-corrected chi connectivity index (χ4v) is 1.87. The zero-order valence-corrected chi connectivity index (χ0v) is 9.03. The second-order valence-electron chi connectivity index (χ2n) is 3.00. The molecule has 0 atom stereocenters. The Hall–Kier alpha value is -0.950. The van der Waals surface area contributed by atoms with Gasteiger partial charge in [0.1, 0.15) is 0 Å². The number of benzene rings is 1. The van der Waals surface area contributed by atoms with Crippen molar-refractivity contribution in [2.24, 2.45) is 5.90 Å². The molecule has 0 aliphatic carbocycles. The topological polar surface area (TPSA) is 81.4 Å². The summed E-state index contributed by atoms with van der Waals surface area (Å²) < 4.78 is 25.1. The van der Waals surface area contributed by atoms with Gasteiger partial charge in [0.2, 0.25) is 10.0 Å². The number of nitrogens with one attached hydrogen (secondary N) is 1. The van der Waals surface area contributed by atoms with Gasteiger partial charge in [-0.2, -0.15) is 0 Å². The van der Waals surface area contributed by atoms with Crippen molar-refractivity contribution in [3.8, 4) is 0 Å². The molecule has 0 bridgehead atoms. The van der Waals surface area contributed by atoms with Gasteiger partial charge in [-0.3, -0.25) is 0 Å². The van der Waals surface area contributed by atoms with Crippen molar-refractivity contribution in [2.75, 3.05) is 12.4 Å². The summed E-state index contributed by atoms with van der Waals surface area (Å²) in [6.07, 6.45) is 0. The van der Waals surface area contributed by atoms with Gasteiger partial charge in [-0.05, 0) is 5.56 Å². The molecular weight excluding hydrogens is 216 g/mol. The number of nitrogens with two attached hydrogens (primary N) is 1. The van der Waals surface area contributed by atoms with Crippen molar-refractivity contribution in [1.29, 1.82) is 0 Å². The van der Waals surface area contributed by atoms with E-state index in [0.717, 1.165) is 5.56 Å². The van der Waals surface area contributed by atoms with Crippen LogP contribution in [0.4, 0.5) is 0 Å². The Morgan fingerprint density at radius 2 is 1.93 bits per heavy atom. The second kappa shape index (κ2) is 5.82. The fourth-order valence-electron chi connectivity index (χ4n) is 1.02. The molecule has 0 aliphatic heterocycles. The summed E-state index contributed by atoms with van der Waals surface area (Å²) in [5.74, 6) is 4.62. The molecule has 0 aliphatic rings. The Bertz CT molecular complexity index is 378. The van der Waals surface area contributed by atoms with Gasteiger partial charge in [-0.1, -0.05) is 30.3 Å². The maximum atomic E-state index is 11.3. The van der Waals surface area contributed by atoms with Gasteiger partial charge in [0.15, 0.2) is 0 Å². The summed E-state index contributed by atoms with van der Waals surface area (Å²) in [5.41, 5.74) is 0.912. The minimum absolute atomic E-state index is 0.00980. The largest absolute Gasteiger partial charge is 0.304 e. The summed E-state index contributed by atoms with van der Waals surface area (Å²) in [4.78, 5) is 4.21. The molecule has 0 fully saturated rings. The number of rotatable bonds is 6. The third-order valence-corrected chi connectivity index (χ3v) is 3.10. The van der Waals surface area contributed by atoms with Crippen molar-refractivity contribution < 1.29 is 13.3 Å². The van der Waals surface area contributed by atoms with Crippen LogP contribution in [0.2, 0.25) is 0 Å². The predicted octanol–water partition coefficient (Wildman–Crippen LogP) is -0.00370. The lowest BCUT2D eigenvalue weighted by molar-refractivity contribution is 0.153. The van der Waals surface area contributed by atoms with Crippen LogP contribution in [-0.2, 0) is 21.4 Å². The number of sulfonamides is 1. The zero-order chi connectivity index (χ0) is 11.1. The molecule has 84 valence electrons. The van der Waals surface area contributed by atoms with E-state index in [0.29, 0.717) is 0 Å². The summed E-state index contributed by atoms with van der Waals surface area (Å²) in [6, 6.07) is 9.28. The van der Waals surface area contributed by atoms with Gasteiger partial charge in [0, 0.05) is 6.54 Å². The molecule has 0 saturated carbocycles. The van der Waals surface area contributed by atoms with Crippen molar-refractivity contribution in [1.82, 2.24) is 4.72 Å². The first-order valence-corrected chi connectivity index (χ1v) is 6.12. The third kappa shape index (κ3) is 4.89. The van der Waals surface area contributed by atoms with Crippen molar-refractivity contribution in [3.63, 3.8) is 0 Å². The Labute approximate surface area is 89.2 Å². The number of hydrogen-bond acceptors (Lipinski definition) is 4. The Balaban J connectivity index is 2.43. The summed E-state index contributed by atoms with van der Waals surface area (Å²) in [6.45, 7) is 0.276. The summed E-state index contributed by atoms with van der Waals surface area (Å²) in [5, 5.41) is 0. The lowest BCUT2D eigenvalue weighted by atomic mass is 10.2. The molecule has 0 unspecified atom stereocenters. The molecular formula is C9H14N2O3S. The zero-order valence-electron chi connectivity index (χ0n) is 8.22. The lowest BCUT2D eigenvalue weighted by Gasteiger charge is -2.05. The fraction of sp³-hybridized carbons (Fsp3) is 0.333. The molecule has 1 aromatic carbocycles. The number of hydrogen-bond donors (Lipinski definition) is 2.